The van der Waals surface area contributed by atoms with Gasteiger partial charge >= 0.3 is 0 Å². The lowest BCUT2D eigenvalue weighted by molar-refractivity contribution is -0.109. The lowest BCUT2D eigenvalue weighted by Crippen LogP contribution is -2.27. The molecule has 1 rings (SSSR count). The van der Waals surface area contributed by atoms with E-state index in [4.69, 9.17) is 10.7 Å². The van der Waals surface area contributed by atoms with Crippen LogP contribution >= 0.6 is 0 Å². The second kappa shape index (κ2) is 9.73. The van der Waals surface area contributed by atoms with Crippen molar-refractivity contribution in [2.24, 2.45) is 16.6 Å². The second-order valence-corrected chi connectivity index (χ2v) is 5.23. The zero-order chi connectivity index (χ0) is 13.9. The van der Waals surface area contributed by atoms with Gasteiger partial charge in [-0.15, -0.1) is 0 Å². The van der Waals surface area contributed by atoms with E-state index in [1.807, 2.05) is 0 Å². The predicted molar refractivity (Wildman–Crippen MR) is 80.4 cm³/mol. The smallest absolute Gasteiger partial charge is 0.207 e. The predicted octanol–water partition coefficient (Wildman–Crippen LogP) is 2.05. The molecule has 0 aromatic rings. The van der Waals surface area contributed by atoms with Gasteiger partial charge in [-0.3, -0.25) is 9.79 Å². The maximum absolute atomic E-state index is 10.1. The molecular weight excluding hydrogens is 238 g/mol. The zero-order valence-electron chi connectivity index (χ0n) is 12.0. The first-order valence-corrected chi connectivity index (χ1v) is 7.38. The van der Waals surface area contributed by atoms with Gasteiger partial charge in [0.15, 0.2) is 0 Å². The minimum absolute atomic E-state index is 0.413. The Morgan fingerprint density at radius 1 is 1.37 bits per heavy atom. The van der Waals surface area contributed by atoms with Crippen molar-refractivity contribution in [2.75, 3.05) is 13.1 Å². The Bertz CT molecular complexity index is 305. The second-order valence-electron chi connectivity index (χ2n) is 5.23. The van der Waals surface area contributed by atoms with Crippen molar-refractivity contribution in [2.45, 2.75) is 51.5 Å². The molecule has 1 fully saturated rings. The summed E-state index contributed by atoms with van der Waals surface area (Å²) in [5, 5.41) is 2.64. The number of nitrogens with zero attached hydrogens (tertiary/aromatic N) is 1. The van der Waals surface area contributed by atoms with Crippen LogP contribution in [0.1, 0.15) is 45.4 Å². The number of nitrogens with one attached hydrogen (secondary N) is 1. The van der Waals surface area contributed by atoms with Gasteiger partial charge in [0.25, 0.3) is 0 Å². The van der Waals surface area contributed by atoms with Gasteiger partial charge in [0.05, 0.1) is 0 Å². The minimum atomic E-state index is 0.413. The van der Waals surface area contributed by atoms with Crippen molar-refractivity contribution in [1.82, 2.24) is 5.32 Å². The molecule has 1 aliphatic rings. The third-order valence-corrected chi connectivity index (χ3v) is 3.66. The zero-order valence-corrected chi connectivity index (χ0v) is 12.0. The summed E-state index contributed by atoms with van der Waals surface area (Å²) in [5.41, 5.74) is 7.06. The van der Waals surface area contributed by atoms with E-state index in [1.165, 1.54) is 12.8 Å². The summed E-state index contributed by atoms with van der Waals surface area (Å²) < 4.78 is 0. The maximum atomic E-state index is 10.1. The van der Waals surface area contributed by atoms with Crippen LogP contribution in [0.2, 0.25) is 0 Å². The van der Waals surface area contributed by atoms with E-state index >= 15 is 0 Å². The topological polar surface area (TPSA) is 67.5 Å². The number of carbonyl (C=O) groups is 1. The van der Waals surface area contributed by atoms with E-state index in [9.17, 15) is 4.79 Å². The molecular formula is C15H27N3O. The SMILES string of the molecule is CCC(/C=C/CCNC=O)=NCC1CCC(N)CC1. The fourth-order valence-corrected chi connectivity index (χ4v) is 2.34. The fourth-order valence-electron chi connectivity index (χ4n) is 2.34. The average Bonchev–Trinajstić information content (AvgIpc) is 2.44. The van der Waals surface area contributed by atoms with Crippen molar-refractivity contribution in [3.63, 3.8) is 0 Å². The number of aliphatic imine (C=N–C) groups is 1. The molecule has 3 N–H and O–H groups in total. The highest BCUT2D eigenvalue weighted by Crippen LogP contribution is 2.23. The van der Waals surface area contributed by atoms with Crippen LogP contribution in [0.5, 0.6) is 0 Å². The van der Waals surface area contributed by atoms with E-state index in [0.717, 1.165) is 44.3 Å². The van der Waals surface area contributed by atoms with Crippen LogP contribution in [0.25, 0.3) is 0 Å². The molecule has 0 aromatic heterocycles. The molecule has 0 spiro atoms. The Morgan fingerprint density at radius 2 is 2.11 bits per heavy atom. The number of rotatable bonds is 8. The number of hydrogen-bond acceptors (Lipinski definition) is 3. The van der Waals surface area contributed by atoms with Crippen LogP contribution in [-0.4, -0.2) is 31.3 Å². The average molecular weight is 265 g/mol. The van der Waals surface area contributed by atoms with Gasteiger partial charge < -0.3 is 11.1 Å². The normalized spacial score (nSPS) is 24.6. The van der Waals surface area contributed by atoms with Gasteiger partial charge in [-0.1, -0.05) is 13.0 Å². The van der Waals surface area contributed by atoms with Gasteiger partial charge in [0.2, 0.25) is 6.41 Å². The first-order valence-electron chi connectivity index (χ1n) is 7.38. The van der Waals surface area contributed by atoms with Gasteiger partial charge in [0, 0.05) is 24.8 Å². The van der Waals surface area contributed by atoms with Crippen LogP contribution in [0.15, 0.2) is 17.1 Å². The fraction of sp³-hybridized carbons (Fsp3) is 0.733. The molecule has 19 heavy (non-hydrogen) atoms. The molecule has 1 amide bonds. The molecule has 0 aliphatic heterocycles. The van der Waals surface area contributed by atoms with E-state index in [0.29, 0.717) is 18.5 Å². The molecule has 0 heterocycles. The Labute approximate surface area is 116 Å². The van der Waals surface area contributed by atoms with Gasteiger partial charge in [0.1, 0.15) is 0 Å². The Morgan fingerprint density at radius 3 is 2.74 bits per heavy atom. The highest BCUT2D eigenvalue weighted by Gasteiger charge is 2.17. The molecule has 0 radical (unpaired) electrons. The number of carbonyl (C=O) groups excluding carboxylic acids is 1. The Hall–Kier alpha value is -1.16. The minimum Gasteiger partial charge on any atom is -0.358 e. The molecule has 0 unspecified atom stereocenters. The van der Waals surface area contributed by atoms with Crippen molar-refractivity contribution < 1.29 is 4.79 Å². The van der Waals surface area contributed by atoms with Crippen molar-refractivity contribution >= 4 is 12.1 Å². The van der Waals surface area contributed by atoms with E-state index in [1.54, 1.807) is 0 Å². The van der Waals surface area contributed by atoms with E-state index < -0.39 is 0 Å². The monoisotopic (exact) mass is 265 g/mol. The lowest BCUT2D eigenvalue weighted by Gasteiger charge is -2.24. The van der Waals surface area contributed by atoms with Crippen LogP contribution in [0, 0.1) is 5.92 Å². The number of nitrogens with two attached hydrogens (primary N) is 1. The Kier molecular flexibility index (Phi) is 8.14. The van der Waals surface area contributed by atoms with Crippen LogP contribution in [0.4, 0.5) is 0 Å². The third kappa shape index (κ3) is 7.11. The first-order chi connectivity index (χ1) is 9.26. The molecule has 1 saturated carbocycles. The molecule has 4 nitrogen and oxygen atoms in total. The quantitative estimate of drug-likeness (QED) is 0.401. The van der Waals surface area contributed by atoms with Gasteiger partial charge in [-0.2, -0.15) is 0 Å². The summed E-state index contributed by atoms with van der Waals surface area (Å²) in [6, 6.07) is 0.413. The van der Waals surface area contributed by atoms with Crippen molar-refractivity contribution in [1.29, 1.82) is 0 Å². The third-order valence-electron chi connectivity index (χ3n) is 3.66. The van der Waals surface area contributed by atoms with Crippen LogP contribution in [0.3, 0.4) is 0 Å². The number of amides is 1. The summed E-state index contributed by atoms with van der Waals surface area (Å²) in [4.78, 5) is 14.8. The largest absolute Gasteiger partial charge is 0.358 e. The highest BCUT2D eigenvalue weighted by atomic mass is 16.1. The summed E-state index contributed by atoms with van der Waals surface area (Å²) in [6.07, 6.45) is 11.4. The molecule has 4 heteroatoms. The van der Waals surface area contributed by atoms with E-state index in [-0.39, 0.29) is 0 Å². The molecule has 1 aliphatic carbocycles. The van der Waals surface area contributed by atoms with Crippen LogP contribution in [-0.2, 0) is 4.79 Å². The molecule has 0 atom stereocenters. The maximum Gasteiger partial charge on any atom is 0.207 e. The van der Waals surface area contributed by atoms with Crippen molar-refractivity contribution in [3.05, 3.63) is 12.2 Å². The Balaban J connectivity index is 2.28. The summed E-state index contributed by atoms with van der Waals surface area (Å²) in [6.45, 7) is 3.76. The standard InChI is InChI=1S/C15H27N3O/c1-2-15(5-3-4-10-17-12-19)18-11-13-6-8-14(16)9-7-13/h3,5,12-14H,2,4,6-11,16H2,1H3,(H,17,19)/b5-3+,18-15?. The van der Waals surface area contributed by atoms with Gasteiger partial charge in [-0.05, 0) is 50.5 Å². The molecule has 0 saturated heterocycles. The molecule has 0 bridgehead atoms. The first kappa shape index (κ1) is 15.9. The number of allylic oxidation sites excluding steroid dienone is 1. The summed E-state index contributed by atoms with van der Waals surface area (Å²) in [5.74, 6) is 0.714. The summed E-state index contributed by atoms with van der Waals surface area (Å²) >= 11 is 0. The summed E-state index contributed by atoms with van der Waals surface area (Å²) in [7, 11) is 0. The highest BCUT2D eigenvalue weighted by molar-refractivity contribution is 5.94. The molecule has 0 aromatic carbocycles. The van der Waals surface area contributed by atoms with Crippen LogP contribution < -0.4 is 11.1 Å². The molecule has 108 valence electrons. The van der Waals surface area contributed by atoms with Gasteiger partial charge in [-0.25, -0.2) is 0 Å². The number of hydrogen-bond donors (Lipinski definition) is 2. The van der Waals surface area contributed by atoms with E-state index in [2.05, 4.69) is 24.4 Å². The lowest BCUT2D eigenvalue weighted by atomic mass is 9.86. The van der Waals surface area contributed by atoms with Crippen molar-refractivity contribution in [3.8, 4) is 0 Å².